The molecular formula is C43H51BrN2O5. The second kappa shape index (κ2) is 15.5. The second-order valence-electron chi connectivity index (χ2n) is 14.8. The van der Waals surface area contributed by atoms with Crippen molar-refractivity contribution < 1.29 is 45.9 Å². The van der Waals surface area contributed by atoms with Gasteiger partial charge in [0, 0.05) is 61.2 Å². The van der Waals surface area contributed by atoms with Gasteiger partial charge in [0.1, 0.15) is 23.6 Å². The van der Waals surface area contributed by atoms with Crippen LogP contribution in [0.2, 0.25) is 0 Å². The fraction of sp³-hybridized carbons (Fsp3) is 0.419. The van der Waals surface area contributed by atoms with Gasteiger partial charge in [0.15, 0.2) is 0 Å². The predicted octanol–water partition coefficient (Wildman–Crippen LogP) is 3.31. The quantitative estimate of drug-likeness (QED) is 0.230. The van der Waals surface area contributed by atoms with Gasteiger partial charge in [-0.15, -0.1) is 0 Å². The molecule has 2 aliphatic heterocycles. The number of carbonyl (C=O) groups is 1. The van der Waals surface area contributed by atoms with Gasteiger partial charge in [0.25, 0.3) is 0 Å². The number of carbonyl (C=O) groups excluding carboxylic acids is 1. The molecule has 3 aliphatic rings. The van der Waals surface area contributed by atoms with Crippen LogP contribution in [0, 0.1) is 11.8 Å². The molecule has 8 heteroatoms. The van der Waals surface area contributed by atoms with Crippen molar-refractivity contribution in [3.8, 4) is 11.5 Å². The second-order valence-corrected chi connectivity index (χ2v) is 14.8. The molecule has 2 N–H and O–H groups in total. The fourth-order valence-corrected chi connectivity index (χ4v) is 9.78. The first-order valence-electron chi connectivity index (χ1n) is 18.2. The predicted molar refractivity (Wildman–Crippen MR) is 195 cm³/mol. The van der Waals surface area contributed by atoms with E-state index in [2.05, 4.69) is 54.6 Å². The molecule has 0 radical (unpaired) electrons. The van der Waals surface area contributed by atoms with Crippen molar-refractivity contribution in [1.29, 1.82) is 0 Å². The van der Waals surface area contributed by atoms with E-state index in [-0.39, 0.29) is 35.2 Å². The molecule has 51 heavy (non-hydrogen) atoms. The Morgan fingerprint density at radius 3 is 2.00 bits per heavy atom. The molecule has 0 unspecified atom stereocenters. The van der Waals surface area contributed by atoms with Crippen LogP contribution in [0.25, 0.3) is 0 Å². The zero-order chi connectivity index (χ0) is 34.8. The van der Waals surface area contributed by atoms with E-state index in [1.807, 2.05) is 41.3 Å². The highest BCUT2D eigenvalue weighted by Crippen LogP contribution is 2.60. The standard InChI is InChI=1S/C43H51N2O5.BrH/c1-49-35-22-23-39(50-2)36(27-35)43(48)38-30-44(41(47)21-14-26-45(24-12-13-25-45)31-32-15-6-3-7-16-32)29-37(38)42(28-40(43)46,33-17-8-4-9-18-33)34-19-10-5-11-20-34;/h3-11,15-20,22-23,27,37-38,40,46,48H,12-14,21,24-26,28-31H2,1-2H3;1H/q+1;/p-1/t37-,38+,40-,43+;/m1./s1. The Hall–Kier alpha value is -3.69. The van der Waals surface area contributed by atoms with Crippen molar-refractivity contribution in [2.45, 2.75) is 55.8 Å². The number of rotatable bonds is 11. The molecule has 7 rings (SSSR count). The maximum atomic E-state index is 14.3. The number of hydrogen-bond acceptors (Lipinski definition) is 5. The first-order valence-corrected chi connectivity index (χ1v) is 18.2. The molecule has 4 atom stereocenters. The van der Waals surface area contributed by atoms with Gasteiger partial charge in [-0.25, -0.2) is 0 Å². The van der Waals surface area contributed by atoms with Crippen LogP contribution in [0.15, 0.2) is 109 Å². The summed E-state index contributed by atoms with van der Waals surface area (Å²) >= 11 is 0. The lowest BCUT2D eigenvalue weighted by atomic mass is 9.51. The lowest BCUT2D eigenvalue weighted by molar-refractivity contribution is -0.929. The number of fused-ring (bicyclic) bond motifs is 1. The molecule has 1 saturated carbocycles. The highest BCUT2D eigenvalue weighted by atomic mass is 79.9. The van der Waals surface area contributed by atoms with Gasteiger partial charge in [-0.05, 0) is 41.7 Å². The third-order valence-corrected chi connectivity index (χ3v) is 12.2. The third kappa shape index (κ3) is 6.84. The average Bonchev–Trinajstić information content (AvgIpc) is 3.83. The van der Waals surface area contributed by atoms with E-state index >= 15 is 0 Å². The van der Waals surface area contributed by atoms with Gasteiger partial charge in [0.2, 0.25) is 5.91 Å². The number of halogens is 1. The highest BCUT2D eigenvalue weighted by Gasteiger charge is 2.65. The summed E-state index contributed by atoms with van der Waals surface area (Å²) in [6.07, 6.45) is 2.86. The molecule has 0 aromatic heterocycles. The number of ether oxygens (including phenoxy) is 2. The minimum atomic E-state index is -1.69. The van der Waals surface area contributed by atoms with Gasteiger partial charge < -0.3 is 46.1 Å². The van der Waals surface area contributed by atoms with E-state index in [0.717, 1.165) is 48.2 Å². The molecule has 4 aromatic rings. The summed E-state index contributed by atoms with van der Waals surface area (Å²) in [5.41, 5.74) is 1.68. The number of nitrogens with zero attached hydrogens (tertiary/aromatic N) is 2. The van der Waals surface area contributed by atoms with E-state index in [1.165, 1.54) is 18.4 Å². The number of likely N-dealkylation sites (tertiary alicyclic amines) is 2. The molecule has 270 valence electrons. The lowest BCUT2D eigenvalue weighted by Gasteiger charge is -2.55. The zero-order valence-electron chi connectivity index (χ0n) is 29.8. The Balaban J connectivity index is 0.00000448. The summed E-state index contributed by atoms with van der Waals surface area (Å²) in [4.78, 5) is 16.3. The molecule has 2 heterocycles. The maximum absolute atomic E-state index is 14.3. The van der Waals surface area contributed by atoms with Crippen molar-refractivity contribution in [3.05, 3.63) is 131 Å². The third-order valence-electron chi connectivity index (χ3n) is 12.2. The van der Waals surface area contributed by atoms with Gasteiger partial charge in [-0.1, -0.05) is 91.0 Å². The van der Waals surface area contributed by atoms with Crippen LogP contribution in [0.1, 0.15) is 54.4 Å². The van der Waals surface area contributed by atoms with Gasteiger partial charge in [-0.2, -0.15) is 0 Å². The normalized spacial score (nSPS) is 24.7. The first-order chi connectivity index (χ1) is 24.3. The van der Waals surface area contributed by atoms with Crippen molar-refractivity contribution in [2.24, 2.45) is 11.8 Å². The summed E-state index contributed by atoms with van der Waals surface area (Å²) in [5, 5.41) is 25.4. The molecule has 7 nitrogen and oxygen atoms in total. The van der Waals surface area contributed by atoms with Gasteiger partial charge in [0.05, 0.1) is 40.0 Å². The van der Waals surface area contributed by atoms with E-state index in [9.17, 15) is 15.0 Å². The summed E-state index contributed by atoms with van der Waals surface area (Å²) in [7, 11) is 3.17. The first kappa shape index (κ1) is 37.1. The van der Waals surface area contributed by atoms with Crippen LogP contribution in [0.3, 0.4) is 0 Å². The lowest BCUT2D eigenvalue weighted by Crippen LogP contribution is -3.00. The number of methoxy groups -OCH3 is 2. The minimum absolute atomic E-state index is 0. The zero-order valence-corrected chi connectivity index (χ0v) is 31.4. The SMILES string of the molecule is COc1ccc(OC)c([C@@]2(O)[C@H](O)CC(c3ccccc3)(c3ccccc3)[C@@H]3CN(C(=O)CCC[N+]4(Cc5ccccc5)CCCC4)C[C@@H]32)c1.[Br-]. The monoisotopic (exact) mass is 754 g/mol. The number of amides is 1. The molecule has 1 aliphatic carbocycles. The number of aliphatic hydroxyl groups is 2. The van der Waals surface area contributed by atoms with E-state index in [4.69, 9.17) is 9.47 Å². The summed E-state index contributed by atoms with van der Waals surface area (Å²) in [6, 6.07) is 36.8. The van der Waals surface area contributed by atoms with Gasteiger partial charge >= 0.3 is 0 Å². The molecule has 3 fully saturated rings. The Morgan fingerprint density at radius 2 is 1.41 bits per heavy atom. The maximum Gasteiger partial charge on any atom is 0.222 e. The number of hydrogen-bond donors (Lipinski definition) is 2. The Kier molecular flexibility index (Phi) is 11.3. The van der Waals surface area contributed by atoms with E-state index in [0.29, 0.717) is 36.6 Å². The van der Waals surface area contributed by atoms with Crippen LogP contribution >= 0.6 is 0 Å². The largest absolute Gasteiger partial charge is 1.00 e. The van der Waals surface area contributed by atoms with Crippen molar-refractivity contribution in [3.63, 3.8) is 0 Å². The van der Waals surface area contributed by atoms with Crippen LogP contribution in [-0.4, -0.2) is 78.6 Å². The van der Waals surface area contributed by atoms with Crippen LogP contribution in [0.5, 0.6) is 11.5 Å². The highest BCUT2D eigenvalue weighted by molar-refractivity contribution is 5.76. The molecule has 1 amide bonds. The molecule has 0 spiro atoms. The summed E-state index contributed by atoms with van der Waals surface area (Å²) < 4.78 is 12.4. The topological polar surface area (TPSA) is 79.2 Å². The number of benzene rings is 4. The Bertz CT molecular complexity index is 1710. The number of aliphatic hydroxyl groups excluding tert-OH is 1. The summed E-state index contributed by atoms with van der Waals surface area (Å²) in [5.74, 6) is 0.505. The Morgan fingerprint density at radius 1 is 0.824 bits per heavy atom. The van der Waals surface area contributed by atoms with Crippen LogP contribution in [-0.2, 0) is 22.4 Å². The van der Waals surface area contributed by atoms with Crippen LogP contribution in [0.4, 0.5) is 0 Å². The van der Waals surface area contributed by atoms with Crippen LogP contribution < -0.4 is 26.5 Å². The van der Waals surface area contributed by atoms with Crippen molar-refractivity contribution in [2.75, 3.05) is 46.9 Å². The van der Waals surface area contributed by atoms with Gasteiger partial charge in [-0.3, -0.25) is 4.79 Å². The minimum Gasteiger partial charge on any atom is -1.00 e. The molecule has 2 saturated heterocycles. The Labute approximate surface area is 313 Å². The average molecular weight is 756 g/mol. The molecule has 0 bridgehead atoms. The van der Waals surface area contributed by atoms with Crippen molar-refractivity contribution in [1.82, 2.24) is 4.90 Å². The van der Waals surface area contributed by atoms with Crippen molar-refractivity contribution >= 4 is 5.91 Å². The molecule has 4 aromatic carbocycles. The van der Waals surface area contributed by atoms with E-state index < -0.39 is 23.0 Å². The number of quaternary nitrogens is 1. The fourth-order valence-electron chi connectivity index (χ4n) is 9.78. The van der Waals surface area contributed by atoms with E-state index in [1.54, 1.807) is 32.4 Å². The summed E-state index contributed by atoms with van der Waals surface area (Å²) in [6.45, 7) is 5.11. The molecular weight excluding hydrogens is 704 g/mol. The smallest absolute Gasteiger partial charge is 0.222 e.